The molecule has 0 radical (unpaired) electrons. The quantitative estimate of drug-likeness (QED) is 0.453. The van der Waals surface area contributed by atoms with Crippen molar-refractivity contribution in [3.05, 3.63) is 63.3 Å². The van der Waals surface area contributed by atoms with Gasteiger partial charge in [-0.2, -0.15) is 9.61 Å². The van der Waals surface area contributed by atoms with Crippen LogP contribution in [0.25, 0.3) is 10.6 Å². The lowest BCUT2D eigenvalue weighted by Crippen LogP contribution is -2.15. The molecule has 1 saturated carbocycles. The van der Waals surface area contributed by atoms with E-state index in [4.69, 9.17) is 0 Å². The first-order valence-corrected chi connectivity index (χ1v) is 11.1. The van der Waals surface area contributed by atoms with Gasteiger partial charge in [-0.3, -0.25) is 9.36 Å². The van der Waals surface area contributed by atoms with Gasteiger partial charge in [0, 0.05) is 23.4 Å². The van der Waals surface area contributed by atoms with Gasteiger partial charge in [0.1, 0.15) is 10.8 Å². The van der Waals surface area contributed by atoms with Crippen LogP contribution < -0.4 is 5.56 Å². The zero-order valence-electron chi connectivity index (χ0n) is 15.3. The number of rotatable bonds is 6. The summed E-state index contributed by atoms with van der Waals surface area (Å²) in [6.07, 6.45) is 3.12. The first kappa shape index (κ1) is 17.6. The van der Waals surface area contributed by atoms with E-state index < -0.39 is 0 Å². The molecule has 1 fully saturated rings. The molecule has 28 heavy (non-hydrogen) atoms. The Morgan fingerprint density at radius 1 is 1.21 bits per heavy atom. The molecule has 0 aliphatic heterocycles. The van der Waals surface area contributed by atoms with Crippen molar-refractivity contribution in [2.75, 3.05) is 0 Å². The van der Waals surface area contributed by atoms with Gasteiger partial charge in [-0.25, -0.2) is 4.98 Å². The maximum atomic E-state index is 12.4. The second-order valence-corrected chi connectivity index (χ2v) is 8.69. The summed E-state index contributed by atoms with van der Waals surface area (Å²) >= 11 is 3.02. The van der Waals surface area contributed by atoms with Crippen LogP contribution in [0, 0.1) is 0 Å². The summed E-state index contributed by atoms with van der Waals surface area (Å²) in [4.78, 5) is 17.6. The number of aryl methyl sites for hydroxylation is 1. The number of thioether (sulfide) groups is 1. The molecule has 0 unspecified atom stereocenters. The normalized spacial score (nSPS) is 14.0. The highest BCUT2D eigenvalue weighted by Gasteiger charge is 2.31. The maximum Gasteiger partial charge on any atom is 0.275 e. The molecule has 1 aromatic carbocycles. The highest BCUT2D eigenvalue weighted by atomic mass is 32.2. The average molecular weight is 411 g/mol. The summed E-state index contributed by atoms with van der Waals surface area (Å²) in [5, 5.41) is 14.9. The number of nitrogens with zero attached hydrogens (tertiary/aromatic N) is 6. The summed E-state index contributed by atoms with van der Waals surface area (Å²) in [7, 11) is 0. The topological polar surface area (TPSA) is 78.0 Å². The largest absolute Gasteiger partial charge is 0.275 e. The second-order valence-electron chi connectivity index (χ2n) is 6.70. The minimum atomic E-state index is -0.139. The van der Waals surface area contributed by atoms with Crippen LogP contribution in [0.4, 0.5) is 0 Å². The summed E-state index contributed by atoms with van der Waals surface area (Å²) in [6, 6.07) is 11.7. The predicted molar refractivity (Wildman–Crippen MR) is 109 cm³/mol. The van der Waals surface area contributed by atoms with Crippen molar-refractivity contribution >= 4 is 28.1 Å². The predicted octanol–water partition coefficient (Wildman–Crippen LogP) is 3.46. The summed E-state index contributed by atoms with van der Waals surface area (Å²) < 4.78 is 3.52. The molecule has 4 aromatic rings. The van der Waals surface area contributed by atoms with Crippen LogP contribution in [0.1, 0.15) is 42.2 Å². The minimum absolute atomic E-state index is 0.139. The van der Waals surface area contributed by atoms with E-state index in [-0.39, 0.29) is 5.56 Å². The van der Waals surface area contributed by atoms with Gasteiger partial charge in [-0.1, -0.05) is 48.2 Å². The van der Waals surface area contributed by atoms with E-state index in [1.54, 1.807) is 17.8 Å². The molecule has 5 rings (SSSR count). The third kappa shape index (κ3) is 3.24. The lowest BCUT2D eigenvalue weighted by molar-refractivity contribution is 0.828. The van der Waals surface area contributed by atoms with Gasteiger partial charge >= 0.3 is 0 Å². The van der Waals surface area contributed by atoms with Crippen molar-refractivity contribution in [1.82, 2.24) is 29.4 Å². The fourth-order valence-corrected chi connectivity index (χ4v) is 4.76. The van der Waals surface area contributed by atoms with Crippen molar-refractivity contribution in [1.29, 1.82) is 0 Å². The highest BCUT2D eigenvalue weighted by molar-refractivity contribution is 7.98. The summed E-state index contributed by atoms with van der Waals surface area (Å²) in [5.74, 6) is 2.07. The van der Waals surface area contributed by atoms with E-state index in [2.05, 4.69) is 37.0 Å². The van der Waals surface area contributed by atoms with Gasteiger partial charge in [0.05, 0.1) is 5.69 Å². The molecule has 0 atom stereocenters. The number of fused-ring (bicyclic) bond motifs is 1. The minimum Gasteiger partial charge on any atom is -0.274 e. The first-order chi connectivity index (χ1) is 13.7. The molecular weight excluding hydrogens is 392 g/mol. The van der Waals surface area contributed by atoms with Crippen LogP contribution in [-0.4, -0.2) is 29.4 Å². The Kier molecular flexibility index (Phi) is 4.48. The molecule has 0 saturated heterocycles. The van der Waals surface area contributed by atoms with Crippen LogP contribution >= 0.6 is 23.1 Å². The van der Waals surface area contributed by atoms with Gasteiger partial charge in [0.25, 0.3) is 5.56 Å². The SMILES string of the molecule is CCc1nn2c(=O)cc(CSc3nnc(C4CC4)n3-c3ccccc3)nc2s1. The smallest absolute Gasteiger partial charge is 0.274 e. The van der Waals surface area contributed by atoms with Crippen molar-refractivity contribution in [3.63, 3.8) is 0 Å². The molecule has 0 spiro atoms. The molecule has 3 aromatic heterocycles. The fraction of sp³-hybridized carbons (Fsp3) is 0.316. The molecule has 1 aliphatic carbocycles. The van der Waals surface area contributed by atoms with Crippen molar-refractivity contribution in [3.8, 4) is 5.69 Å². The molecule has 1 aliphatic rings. The average Bonchev–Trinajstić information content (AvgIpc) is 3.33. The third-order valence-electron chi connectivity index (χ3n) is 4.61. The number of hydrogen-bond donors (Lipinski definition) is 0. The third-order valence-corrected chi connectivity index (χ3v) is 6.62. The Bertz CT molecular complexity index is 1190. The van der Waals surface area contributed by atoms with E-state index in [0.717, 1.165) is 46.6 Å². The van der Waals surface area contributed by atoms with Gasteiger partial charge in [-0.15, -0.1) is 10.2 Å². The zero-order chi connectivity index (χ0) is 19.1. The Balaban J connectivity index is 1.46. The van der Waals surface area contributed by atoms with Gasteiger partial charge in [-0.05, 0) is 31.4 Å². The molecule has 142 valence electrons. The van der Waals surface area contributed by atoms with Gasteiger partial charge < -0.3 is 0 Å². The van der Waals surface area contributed by atoms with Gasteiger partial charge in [0.2, 0.25) is 4.96 Å². The number of aromatic nitrogens is 6. The van der Waals surface area contributed by atoms with E-state index in [1.807, 2.05) is 25.1 Å². The van der Waals surface area contributed by atoms with E-state index >= 15 is 0 Å². The van der Waals surface area contributed by atoms with E-state index in [0.29, 0.717) is 16.6 Å². The summed E-state index contributed by atoms with van der Waals surface area (Å²) in [6.45, 7) is 2.02. The zero-order valence-corrected chi connectivity index (χ0v) is 16.9. The fourth-order valence-electron chi connectivity index (χ4n) is 3.05. The Morgan fingerprint density at radius 2 is 2.04 bits per heavy atom. The molecule has 0 amide bonds. The van der Waals surface area contributed by atoms with Crippen LogP contribution in [0.3, 0.4) is 0 Å². The Morgan fingerprint density at radius 3 is 2.79 bits per heavy atom. The molecular formula is C19H18N6OS2. The van der Waals surface area contributed by atoms with Crippen molar-refractivity contribution in [2.24, 2.45) is 0 Å². The van der Waals surface area contributed by atoms with Crippen LogP contribution in [0.5, 0.6) is 0 Å². The van der Waals surface area contributed by atoms with Crippen molar-refractivity contribution < 1.29 is 0 Å². The lowest BCUT2D eigenvalue weighted by atomic mass is 10.3. The number of hydrogen-bond acceptors (Lipinski definition) is 7. The monoisotopic (exact) mass is 410 g/mol. The highest BCUT2D eigenvalue weighted by Crippen LogP contribution is 2.41. The van der Waals surface area contributed by atoms with Crippen LogP contribution in [0.2, 0.25) is 0 Å². The molecule has 3 heterocycles. The van der Waals surface area contributed by atoms with Crippen LogP contribution in [-0.2, 0) is 12.2 Å². The second kappa shape index (κ2) is 7.14. The first-order valence-electron chi connectivity index (χ1n) is 9.25. The van der Waals surface area contributed by atoms with Crippen molar-refractivity contribution in [2.45, 2.75) is 43.0 Å². The molecule has 0 N–H and O–H groups in total. The molecule has 0 bridgehead atoms. The molecule has 7 nitrogen and oxygen atoms in total. The van der Waals surface area contributed by atoms with Crippen LogP contribution in [0.15, 0.2) is 46.3 Å². The van der Waals surface area contributed by atoms with E-state index in [9.17, 15) is 4.79 Å². The number of para-hydroxylation sites is 1. The summed E-state index contributed by atoms with van der Waals surface area (Å²) in [5.41, 5.74) is 1.66. The van der Waals surface area contributed by atoms with Gasteiger partial charge in [0.15, 0.2) is 5.16 Å². The Labute approximate surface area is 169 Å². The lowest BCUT2D eigenvalue weighted by Gasteiger charge is -2.09. The Hall–Kier alpha value is -2.52. The molecule has 9 heteroatoms. The number of benzene rings is 1. The van der Waals surface area contributed by atoms with E-state index in [1.165, 1.54) is 15.9 Å². The maximum absolute atomic E-state index is 12.4. The standard InChI is InChI=1S/C19H18N6OS2/c1-2-15-23-25-16(26)10-13(20-18(25)28-15)11-27-19-22-21-17(12-8-9-12)24(19)14-6-4-3-5-7-14/h3-7,10,12H,2,8-9,11H2,1H3.